The normalized spacial score (nSPS) is 23.9. The minimum Gasteiger partial charge on any atom is -0.299 e. The first-order valence-electron chi connectivity index (χ1n) is 6.03. The molecule has 1 aromatic carbocycles. The predicted molar refractivity (Wildman–Crippen MR) is 71.7 cm³/mol. The van der Waals surface area contributed by atoms with Gasteiger partial charge in [0, 0.05) is 22.4 Å². The largest absolute Gasteiger partial charge is 0.299 e. The van der Waals surface area contributed by atoms with Crippen molar-refractivity contribution in [3.8, 4) is 0 Å². The van der Waals surface area contributed by atoms with Crippen LogP contribution in [0.5, 0.6) is 0 Å². The third-order valence-corrected chi connectivity index (χ3v) is 4.12. The van der Waals surface area contributed by atoms with Crippen LogP contribution < -0.4 is 0 Å². The van der Waals surface area contributed by atoms with Gasteiger partial charge in [-0.1, -0.05) is 36.2 Å². The summed E-state index contributed by atoms with van der Waals surface area (Å²) in [5, 5.41) is 1.21. The fourth-order valence-corrected chi connectivity index (χ4v) is 2.97. The number of Topliss-reactive ketones (excluding diaryl/α,β-unsaturated/α-hetero) is 1. The number of carbonyl (C=O) groups is 1. The zero-order valence-electron chi connectivity index (χ0n) is 9.88. The molecule has 2 atom stereocenters. The van der Waals surface area contributed by atoms with E-state index in [2.05, 4.69) is 6.92 Å². The Morgan fingerprint density at radius 3 is 2.71 bits per heavy atom. The van der Waals surface area contributed by atoms with E-state index in [1.165, 1.54) is 6.42 Å². The third-order valence-electron chi connectivity index (χ3n) is 3.53. The molecule has 92 valence electrons. The smallest absolute Gasteiger partial charge is 0.140 e. The van der Waals surface area contributed by atoms with E-state index in [4.69, 9.17) is 23.2 Å². The van der Waals surface area contributed by atoms with Gasteiger partial charge in [-0.2, -0.15) is 0 Å². The van der Waals surface area contributed by atoms with Gasteiger partial charge < -0.3 is 0 Å². The predicted octanol–water partition coefficient (Wildman–Crippen LogP) is 4.54. The Hall–Kier alpha value is -0.530. The van der Waals surface area contributed by atoms with Crippen LogP contribution >= 0.6 is 23.2 Å². The van der Waals surface area contributed by atoms with Gasteiger partial charge in [0.1, 0.15) is 5.78 Å². The van der Waals surface area contributed by atoms with Crippen LogP contribution in [-0.2, 0) is 11.2 Å². The van der Waals surface area contributed by atoms with Crippen molar-refractivity contribution in [3.63, 3.8) is 0 Å². The summed E-state index contributed by atoms with van der Waals surface area (Å²) in [5.74, 6) is 1.24. The lowest BCUT2D eigenvalue weighted by Crippen LogP contribution is -2.14. The summed E-state index contributed by atoms with van der Waals surface area (Å²) in [6, 6.07) is 5.33. The average molecular weight is 271 g/mol. The molecule has 1 saturated carbocycles. The molecule has 1 aromatic rings. The Morgan fingerprint density at radius 1 is 1.35 bits per heavy atom. The zero-order chi connectivity index (χ0) is 12.4. The molecule has 1 aliphatic rings. The third kappa shape index (κ3) is 3.23. The quantitative estimate of drug-likeness (QED) is 0.788. The lowest BCUT2D eigenvalue weighted by Gasteiger charge is -2.09. The van der Waals surface area contributed by atoms with E-state index in [1.807, 2.05) is 6.07 Å². The first kappa shape index (κ1) is 12.9. The van der Waals surface area contributed by atoms with Crippen LogP contribution in [0.3, 0.4) is 0 Å². The van der Waals surface area contributed by atoms with Gasteiger partial charge in [-0.25, -0.2) is 0 Å². The van der Waals surface area contributed by atoms with Crippen LogP contribution in [0.25, 0.3) is 0 Å². The number of ketones is 1. The molecule has 0 N–H and O–H groups in total. The summed E-state index contributed by atoms with van der Waals surface area (Å²) in [7, 11) is 0. The van der Waals surface area contributed by atoms with Crippen molar-refractivity contribution in [1.82, 2.24) is 0 Å². The summed E-state index contributed by atoms with van der Waals surface area (Å²) in [5.41, 5.74) is 0.889. The van der Waals surface area contributed by atoms with Gasteiger partial charge in [0.15, 0.2) is 0 Å². The van der Waals surface area contributed by atoms with E-state index >= 15 is 0 Å². The first-order chi connectivity index (χ1) is 8.06. The maximum absolute atomic E-state index is 12.1. The van der Waals surface area contributed by atoms with Crippen LogP contribution in [0.2, 0.25) is 10.0 Å². The fraction of sp³-hybridized carbons (Fsp3) is 0.500. The Kier molecular flexibility index (Phi) is 4.11. The molecule has 0 spiro atoms. The molecular formula is C14H16Cl2O. The molecule has 0 bridgehead atoms. The molecule has 2 unspecified atom stereocenters. The summed E-state index contributed by atoms with van der Waals surface area (Å²) in [4.78, 5) is 12.1. The second kappa shape index (κ2) is 5.41. The Morgan fingerprint density at radius 2 is 2.12 bits per heavy atom. The molecule has 1 fully saturated rings. The van der Waals surface area contributed by atoms with E-state index in [-0.39, 0.29) is 5.92 Å². The second-order valence-corrected chi connectivity index (χ2v) is 5.84. The number of halogens is 2. The molecule has 2 rings (SSSR count). The molecule has 0 saturated heterocycles. The van der Waals surface area contributed by atoms with Crippen LogP contribution in [0.1, 0.15) is 31.7 Å². The molecular weight excluding hydrogens is 255 g/mol. The first-order valence-corrected chi connectivity index (χ1v) is 6.78. The van der Waals surface area contributed by atoms with Crippen molar-refractivity contribution in [2.45, 2.75) is 32.6 Å². The van der Waals surface area contributed by atoms with Crippen molar-refractivity contribution in [3.05, 3.63) is 33.8 Å². The Labute approximate surface area is 112 Å². The molecule has 17 heavy (non-hydrogen) atoms. The fourth-order valence-electron chi connectivity index (χ4n) is 2.50. The van der Waals surface area contributed by atoms with Crippen molar-refractivity contribution < 1.29 is 4.79 Å². The van der Waals surface area contributed by atoms with Gasteiger partial charge in [0.2, 0.25) is 0 Å². The van der Waals surface area contributed by atoms with E-state index in [9.17, 15) is 4.79 Å². The molecule has 0 aliphatic heterocycles. The van der Waals surface area contributed by atoms with E-state index in [0.29, 0.717) is 28.2 Å². The summed E-state index contributed by atoms with van der Waals surface area (Å²) >= 11 is 11.9. The highest BCUT2D eigenvalue weighted by molar-refractivity contribution is 6.35. The van der Waals surface area contributed by atoms with Crippen molar-refractivity contribution in [2.24, 2.45) is 11.8 Å². The van der Waals surface area contributed by atoms with Gasteiger partial charge in [-0.15, -0.1) is 0 Å². The highest BCUT2D eigenvalue weighted by Gasteiger charge is 2.27. The maximum Gasteiger partial charge on any atom is 0.140 e. The summed E-state index contributed by atoms with van der Waals surface area (Å²) in [6.07, 6.45) is 3.67. The van der Waals surface area contributed by atoms with Gasteiger partial charge in [-0.05, 0) is 42.9 Å². The minimum atomic E-state index is 0.233. The number of benzene rings is 1. The van der Waals surface area contributed by atoms with Crippen LogP contribution in [-0.4, -0.2) is 5.78 Å². The minimum absolute atomic E-state index is 0.233. The summed E-state index contributed by atoms with van der Waals surface area (Å²) < 4.78 is 0. The van der Waals surface area contributed by atoms with Gasteiger partial charge in [0.05, 0.1) is 0 Å². The van der Waals surface area contributed by atoms with E-state index in [0.717, 1.165) is 18.4 Å². The van der Waals surface area contributed by atoms with Crippen molar-refractivity contribution in [2.75, 3.05) is 0 Å². The van der Waals surface area contributed by atoms with E-state index in [1.54, 1.807) is 12.1 Å². The van der Waals surface area contributed by atoms with Crippen molar-refractivity contribution >= 4 is 29.0 Å². The standard InChI is InChI=1S/C14H16Cl2O/c1-9-2-3-11(6-9)14(17)7-10-4-5-12(15)8-13(10)16/h4-5,8-9,11H,2-3,6-7H2,1H3. The molecule has 0 amide bonds. The molecule has 0 aromatic heterocycles. The molecule has 0 radical (unpaired) electrons. The average Bonchev–Trinajstić information content (AvgIpc) is 2.69. The van der Waals surface area contributed by atoms with Gasteiger partial charge >= 0.3 is 0 Å². The summed E-state index contributed by atoms with van der Waals surface area (Å²) in [6.45, 7) is 2.21. The zero-order valence-corrected chi connectivity index (χ0v) is 11.4. The van der Waals surface area contributed by atoms with Gasteiger partial charge in [-0.3, -0.25) is 4.79 Å². The van der Waals surface area contributed by atoms with E-state index < -0.39 is 0 Å². The number of hydrogen-bond donors (Lipinski definition) is 0. The monoisotopic (exact) mass is 270 g/mol. The SMILES string of the molecule is CC1CCC(C(=O)Cc2ccc(Cl)cc2Cl)C1. The molecule has 1 aliphatic carbocycles. The topological polar surface area (TPSA) is 17.1 Å². The molecule has 3 heteroatoms. The highest BCUT2D eigenvalue weighted by atomic mass is 35.5. The lowest BCUT2D eigenvalue weighted by molar-refractivity contribution is -0.122. The number of rotatable bonds is 3. The van der Waals surface area contributed by atoms with Crippen LogP contribution in [0.15, 0.2) is 18.2 Å². The maximum atomic E-state index is 12.1. The lowest BCUT2D eigenvalue weighted by atomic mass is 9.96. The van der Waals surface area contributed by atoms with Gasteiger partial charge in [0.25, 0.3) is 0 Å². The number of hydrogen-bond acceptors (Lipinski definition) is 1. The second-order valence-electron chi connectivity index (χ2n) is 4.99. The molecule has 0 heterocycles. The highest BCUT2D eigenvalue weighted by Crippen LogP contribution is 2.32. The van der Waals surface area contributed by atoms with Crippen LogP contribution in [0.4, 0.5) is 0 Å². The Bertz CT molecular complexity index is 428. The number of carbonyl (C=O) groups excluding carboxylic acids is 1. The Balaban J connectivity index is 2.03. The van der Waals surface area contributed by atoms with Crippen molar-refractivity contribution in [1.29, 1.82) is 0 Å². The van der Waals surface area contributed by atoms with Crippen LogP contribution in [0, 0.1) is 11.8 Å². The molecule has 1 nitrogen and oxygen atoms in total.